The van der Waals surface area contributed by atoms with Crippen LogP contribution in [0.25, 0.3) is 11.0 Å². The van der Waals surface area contributed by atoms with Gasteiger partial charge in [0.1, 0.15) is 0 Å². The number of hydrogen-bond acceptors (Lipinski definition) is 6. The van der Waals surface area contributed by atoms with Gasteiger partial charge >= 0.3 is 11.1 Å². The van der Waals surface area contributed by atoms with Crippen molar-refractivity contribution in [1.29, 1.82) is 0 Å². The van der Waals surface area contributed by atoms with Gasteiger partial charge in [-0.1, -0.05) is 0 Å². The van der Waals surface area contributed by atoms with Crippen LogP contribution in [0.5, 0.6) is 0 Å². The average Bonchev–Trinajstić information content (AvgIpc) is 2.52. The number of nitro groups is 1. The highest BCUT2D eigenvalue weighted by atomic mass is 16.6. The maximum Gasteiger partial charge on any atom is 0.314 e. The maximum atomic E-state index is 11.7. The van der Waals surface area contributed by atoms with Crippen LogP contribution in [-0.4, -0.2) is 45.1 Å². The number of H-pyrrole nitrogens is 2. The second-order valence-corrected chi connectivity index (χ2v) is 6.10. The van der Waals surface area contributed by atoms with E-state index in [-0.39, 0.29) is 23.3 Å². The minimum atomic E-state index is -0.831. The molecule has 0 radical (unpaired) electrons. The van der Waals surface area contributed by atoms with Gasteiger partial charge in [-0.15, -0.1) is 0 Å². The SMILES string of the molecule is CC1COCC(C)N1Cc1cc([N+](=O)[O-])cc2[nH]c(=O)c(=O)[nH]c12. The Morgan fingerprint density at radius 1 is 1.21 bits per heavy atom. The Morgan fingerprint density at radius 2 is 1.83 bits per heavy atom. The quantitative estimate of drug-likeness (QED) is 0.485. The molecule has 2 aromatic rings. The van der Waals surface area contributed by atoms with Crippen LogP contribution < -0.4 is 11.1 Å². The molecule has 128 valence electrons. The molecule has 0 amide bonds. The van der Waals surface area contributed by atoms with Crippen molar-refractivity contribution in [1.82, 2.24) is 14.9 Å². The molecular formula is C15H18N4O5. The summed E-state index contributed by atoms with van der Waals surface area (Å²) in [7, 11) is 0. The Morgan fingerprint density at radius 3 is 2.46 bits per heavy atom. The molecule has 0 spiro atoms. The van der Waals surface area contributed by atoms with Crippen LogP contribution in [0.2, 0.25) is 0 Å². The third-order valence-electron chi connectivity index (χ3n) is 4.31. The topological polar surface area (TPSA) is 121 Å². The Kier molecular flexibility index (Phi) is 4.20. The number of non-ortho nitro benzene ring substituents is 1. The number of rotatable bonds is 3. The van der Waals surface area contributed by atoms with Crippen molar-refractivity contribution in [3.63, 3.8) is 0 Å². The lowest BCUT2D eigenvalue weighted by molar-refractivity contribution is -0.384. The number of ether oxygens (including phenoxy) is 1. The summed E-state index contributed by atoms with van der Waals surface area (Å²) in [5.41, 5.74) is -0.488. The van der Waals surface area contributed by atoms with Crippen LogP contribution in [0.1, 0.15) is 19.4 Å². The number of fused-ring (bicyclic) bond motifs is 1. The fraction of sp³-hybridized carbons (Fsp3) is 0.467. The number of nitrogens with one attached hydrogen (secondary N) is 2. The third kappa shape index (κ3) is 2.95. The fourth-order valence-corrected chi connectivity index (χ4v) is 3.05. The van der Waals surface area contributed by atoms with Crippen LogP contribution in [-0.2, 0) is 11.3 Å². The average molecular weight is 334 g/mol. The van der Waals surface area contributed by atoms with Gasteiger partial charge in [0.15, 0.2) is 0 Å². The number of nitrogens with zero attached hydrogens (tertiary/aromatic N) is 2. The van der Waals surface area contributed by atoms with Crippen molar-refractivity contribution in [2.45, 2.75) is 32.5 Å². The molecule has 0 bridgehead atoms. The Labute approximate surface area is 136 Å². The lowest BCUT2D eigenvalue weighted by atomic mass is 10.1. The van der Waals surface area contributed by atoms with Gasteiger partial charge in [0.2, 0.25) is 0 Å². The molecule has 24 heavy (non-hydrogen) atoms. The summed E-state index contributed by atoms with van der Waals surface area (Å²) in [5, 5.41) is 11.2. The third-order valence-corrected chi connectivity index (χ3v) is 4.31. The highest BCUT2D eigenvalue weighted by molar-refractivity contribution is 5.80. The van der Waals surface area contributed by atoms with E-state index in [1.807, 2.05) is 13.8 Å². The zero-order valence-electron chi connectivity index (χ0n) is 13.4. The molecule has 1 aromatic carbocycles. The highest BCUT2D eigenvalue weighted by Gasteiger charge is 2.26. The van der Waals surface area contributed by atoms with E-state index in [2.05, 4.69) is 14.9 Å². The standard InChI is InChI=1S/C15H18N4O5/c1-8-6-24-7-9(2)18(8)5-10-3-11(19(22)23)4-12-13(10)17-15(21)14(20)16-12/h3-4,8-9H,5-7H2,1-2H3,(H,16,20)(H,17,21). The molecule has 3 rings (SSSR count). The van der Waals surface area contributed by atoms with Crippen LogP contribution in [0.4, 0.5) is 5.69 Å². The van der Waals surface area contributed by atoms with Gasteiger partial charge in [0.05, 0.1) is 29.2 Å². The molecule has 1 aliphatic heterocycles. The summed E-state index contributed by atoms with van der Waals surface area (Å²) >= 11 is 0. The van der Waals surface area contributed by atoms with Crippen molar-refractivity contribution < 1.29 is 9.66 Å². The molecule has 0 aliphatic carbocycles. The second-order valence-electron chi connectivity index (χ2n) is 6.10. The zero-order chi connectivity index (χ0) is 17.4. The van der Waals surface area contributed by atoms with E-state index >= 15 is 0 Å². The van der Waals surface area contributed by atoms with Gasteiger partial charge in [-0.05, 0) is 19.4 Å². The molecular weight excluding hydrogens is 316 g/mol. The summed E-state index contributed by atoms with van der Waals surface area (Å²) in [6, 6.07) is 2.96. The highest BCUT2D eigenvalue weighted by Crippen LogP contribution is 2.25. The molecule has 9 nitrogen and oxygen atoms in total. The normalized spacial score (nSPS) is 21.9. The Hall–Kier alpha value is -2.52. The summed E-state index contributed by atoms with van der Waals surface area (Å²) in [4.78, 5) is 40.9. The monoisotopic (exact) mass is 334 g/mol. The number of aromatic amines is 2. The zero-order valence-corrected chi connectivity index (χ0v) is 13.4. The molecule has 2 atom stereocenters. The molecule has 1 fully saturated rings. The molecule has 0 saturated carbocycles. The lowest BCUT2D eigenvalue weighted by Gasteiger charge is -2.38. The number of benzene rings is 1. The fourth-order valence-electron chi connectivity index (χ4n) is 3.05. The Balaban J connectivity index is 2.14. The van der Waals surface area contributed by atoms with Gasteiger partial charge in [0.25, 0.3) is 5.69 Å². The summed E-state index contributed by atoms with van der Waals surface area (Å²) in [5.74, 6) is 0. The number of nitro benzene ring substituents is 1. The van der Waals surface area contributed by atoms with Gasteiger partial charge in [-0.3, -0.25) is 24.6 Å². The van der Waals surface area contributed by atoms with Crippen LogP contribution >= 0.6 is 0 Å². The van der Waals surface area contributed by atoms with Crippen molar-refractivity contribution in [2.24, 2.45) is 0 Å². The molecule has 1 aromatic heterocycles. The van der Waals surface area contributed by atoms with E-state index in [4.69, 9.17) is 4.74 Å². The number of morpholine rings is 1. The summed E-state index contributed by atoms with van der Waals surface area (Å²) in [6.45, 7) is 5.58. The van der Waals surface area contributed by atoms with Crippen molar-refractivity contribution in [2.75, 3.05) is 13.2 Å². The molecule has 2 N–H and O–H groups in total. The first-order chi connectivity index (χ1) is 11.4. The first-order valence-corrected chi connectivity index (χ1v) is 7.64. The molecule has 1 saturated heterocycles. The minimum Gasteiger partial charge on any atom is -0.378 e. The van der Waals surface area contributed by atoms with Crippen molar-refractivity contribution in [3.8, 4) is 0 Å². The van der Waals surface area contributed by atoms with Crippen LogP contribution in [0, 0.1) is 10.1 Å². The summed E-state index contributed by atoms with van der Waals surface area (Å²) < 4.78 is 5.49. The summed E-state index contributed by atoms with van der Waals surface area (Å²) in [6.07, 6.45) is 0. The van der Waals surface area contributed by atoms with E-state index in [0.717, 1.165) is 0 Å². The van der Waals surface area contributed by atoms with E-state index in [0.29, 0.717) is 30.8 Å². The first-order valence-electron chi connectivity index (χ1n) is 7.64. The van der Waals surface area contributed by atoms with Crippen molar-refractivity contribution >= 4 is 16.7 Å². The minimum absolute atomic E-state index is 0.131. The second kappa shape index (κ2) is 6.17. The maximum absolute atomic E-state index is 11.7. The molecule has 2 unspecified atom stereocenters. The predicted octanol–water partition coefficient (Wildman–Crippen LogP) is 0.734. The smallest absolute Gasteiger partial charge is 0.314 e. The van der Waals surface area contributed by atoms with Gasteiger partial charge < -0.3 is 14.7 Å². The first kappa shape index (κ1) is 16.3. The number of aromatic nitrogens is 2. The van der Waals surface area contributed by atoms with Crippen LogP contribution in [0.3, 0.4) is 0 Å². The van der Waals surface area contributed by atoms with E-state index < -0.39 is 16.0 Å². The molecule has 1 aliphatic rings. The molecule has 9 heteroatoms. The lowest BCUT2D eigenvalue weighted by Crippen LogP contribution is -2.48. The van der Waals surface area contributed by atoms with Crippen molar-refractivity contribution in [3.05, 3.63) is 48.5 Å². The van der Waals surface area contributed by atoms with E-state index in [9.17, 15) is 19.7 Å². The Bertz CT molecular complexity index is 893. The van der Waals surface area contributed by atoms with Crippen LogP contribution in [0.15, 0.2) is 21.7 Å². The predicted molar refractivity (Wildman–Crippen MR) is 87.1 cm³/mol. The largest absolute Gasteiger partial charge is 0.378 e. The van der Waals surface area contributed by atoms with Gasteiger partial charge in [-0.25, -0.2) is 0 Å². The van der Waals surface area contributed by atoms with E-state index in [1.54, 1.807) is 0 Å². The van der Waals surface area contributed by atoms with E-state index in [1.165, 1.54) is 12.1 Å². The number of hydrogen-bond donors (Lipinski definition) is 2. The van der Waals surface area contributed by atoms with Gasteiger partial charge in [0, 0.05) is 30.8 Å². The molecule has 2 heterocycles. The van der Waals surface area contributed by atoms with Gasteiger partial charge in [-0.2, -0.15) is 0 Å².